The van der Waals surface area contributed by atoms with Crippen molar-refractivity contribution in [2.24, 2.45) is 5.92 Å². The molecule has 4 heterocycles. The second kappa shape index (κ2) is 10.0. The predicted octanol–water partition coefficient (Wildman–Crippen LogP) is 1.93. The Morgan fingerprint density at radius 1 is 1.05 bits per heavy atom. The largest absolute Gasteiger partial charge is 0.488 e. The fraction of sp³-hybridized carbons (Fsp3) is 0.517. The van der Waals surface area contributed by atoms with Gasteiger partial charge in [0.1, 0.15) is 23.7 Å². The van der Waals surface area contributed by atoms with E-state index in [1.807, 2.05) is 0 Å². The highest BCUT2D eigenvalue weighted by atomic mass is 16.7. The number of ether oxygens (including phenoxy) is 8. The number of fused-ring (bicyclic) bond motifs is 5. The topological polar surface area (TPSA) is 162 Å². The van der Waals surface area contributed by atoms with Crippen molar-refractivity contribution in [1.82, 2.24) is 0 Å². The number of methoxy groups -OCH3 is 2. The zero-order valence-electron chi connectivity index (χ0n) is 24.2. The maximum absolute atomic E-state index is 13.6. The molecule has 13 nitrogen and oxygen atoms in total. The third-order valence-electron chi connectivity index (χ3n) is 8.63. The van der Waals surface area contributed by atoms with Crippen molar-refractivity contribution < 1.29 is 62.2 Å². The molecular formula is C29H32O13. The highest BCUT2D eigenvalue weighted by Crippen LogP contribution is 2.67. The first kappa shape index (κ1) is 29.4. The molecule has 6 rings (SSSR count). The van der Waals surface area contributed by atoms with Gasteiger partial charge in [0.25, 0.3) is 5.79 Å². The smallest absolute Gasteiger partial charge is 0.367 e. The Morgan fingerprint density at radius 3 is 2.38 bits per heavy atom. The van der Waals surface area contributed by atoms with Gasteiger partial charge in [-0.3, -0.25) is 4.79 Å². The maximum atomic E-state index is 13.6. The number of carbonyl (C=O) groups is 4. The molecule has 1 N–H and O–H groups in total. The third-order valence-corrected chi connectivity index (χ3v) is 8.63. The van der Waals surface area contributed by atoms with Gasteiger partial charge in [0.05, 0.1) is 14.2 Å². The maximum Gasteiger partial charge on any atom is 0.367 e. The van der Waals surface area contributed by atoms with Crippen molar-refractivity contribution in [3.63, 3.8) is 0 Å². The standard InChI is InChI=1S/C29H32O13/c1-8-13(2)25(32)41-24-17(10-19(31)35-6)28-11-37-23-20(28)16(9-18-22(23)39-12-38-18)21(40-15(4)30)14(3)27(24,5)42-29(28,34)26(33)36-7/h8-10,14,21,24,34H,11-12H2,1-7H3/b13-8-,17-10?/t14-,21+,24-,27-,28-,29+/m1/s1. The number of allylic oxidation sites excluding steroid dienone is 1. The normalized spacial score (nSPS) is 33.2. The predicted molar refractivity (Wildman–Crippen MR) is 139 cm³/mol. The van der Waals surface area contributed by atoms with Crippen LogP contribution in [-0.4, -0.2) is 74.1 Å². The molecule has 2 bridgehead atoms. The van der Waals surface area contributed by atoms with Crippen LogP contribution in [0.1, 0.15) is 51.8 Å². The molecular weight excluding hydrogens is 556 g/mol. The van der Waals surface area contributed by atoms with Gasteiger partial charge in [-0.2, -0.15) is 0 Å². The van der Waals surface area contributed by atoms with Crippen LogP contribution in [-0.2, 0) is 48.3 Å². The lowest BCUT2D eigenvalue weighted by Gasteiger charge is -2.59. The second-order valence-corrected chi connectivity index (χ2v) is 10.7. The van der Waals surface area contributed by atoms with E-state index in [2.05, 4.69) is 0 Å². The number of hydrogen-bond acceptors (Lipinski definition) is 13. The van der Waals surface area contributed by atoms with Crippen molar-refractivity contribution in [3.8, 4) is 17.2 Å². The molecule has 1 fully saturated rings. The minimum atomic E-state index is -2.85. The SMILES string of the molecule is C/C=C(/C)C(=O)O[C@@H]1C(=CC(=O)OC)[C@]23COc4c5c(cc(c42)[C@@H](OC(C)=O)[C@@H](C)[C@@]1(C)O[C@@]3(O)C(=O)OC)OCO5. The molecule has 13 heteroatoms. The van der Waals surface area contributed by atoms with Crippen LogP contribution in [0, 0.1) is 5.92 Å². The molecule has 0 saturated carbocycles. The van der Waals surface area contributed by atoms with Gasteiger partial charge in [0.2, 0.25) is 12.5 Å². The number of hydrogen-bond donors (Lipinski definition) is 1. The van der Waals surface area contributed by atoms with Crippen LogP contribution in [0.4, 0.5) is 0 Å². The molecule has 4 aliphatic heterocycles. The number of esters is 4. The van der Waals surface area contributed by atoms with Gasteiger partial charge in [-0.15, -0.1) is 0 Å². The number of rotatable bonds is 5. The minimum Gasteiger partial charge on any atom is -0.488 e. The van der Waals surface area contributed by atoms with E-state index in [-0.39, 0.29) is 40.8 Å². The van der Waals surface area contributed by atoms with Gasteiger partial charge < -0.3 is 43.0 Å². The van der Waals surface area contributed by atoms with Crippen molar-refractivity contribution in [1.29, 1.82) is 0 Å². The Kier molecular flexibility index (Phi) is 7.01. The van der Waals surface area contributed by atoms with Crippen molar-refractivity contribution in [2.45, 2.75) is 63.6 Å². The van der Waals surface area contributed by atoms with Crippen LogP contribution in [0.15, 0.2) is 29.4 Å². The second-order valence-electron chi connectivity index (χ2n) is 10.7. The van der Waals surface area contributed by atoms with E-state index in [4.69, 9.17) is 37.9 Å². The summed E-state index contributed by atoms with van der Waals surface area (Å²) in [6.07, 6.45) is 0.0495. The van der Waals surface area contributed by atoms with Crippen LogP contribution in [0.25, 0.3) is 0 Å². The van der Waals surface area contributed by atoms with Gasteiger partial charge in [0, 0.05) is 41.2 Å². The molecule has 0 unspecified atom stereocenters. The van der Waals surface area contributed by atoms with Crippen LogP contribution in [0.5, 0.6) is 17.2 Å². The van der Waals surface area contributed by atoms with E-state index in [9.17, 15) is 24.3 Å². The van der Waals surface area contributed by atoms with E-state index in [1.165, 1.54) is 26.8 Å². The summed E-state index contributed by atoms with van der Waals surface area (Å²) in [4.78, 5) is 52.3. The third kappa shape index (κ3) is 3.83. The average molecular weight is 589 g/mol. The Balaban J connectivity index is 1.96. The zero-order chi connectivity index (χ0) is 30.8. The minimum absolute atomic E-state index is 0.0553. The highest BCUT2D eigenvalue weighted by molar-refractivity contribution is 5.91. The Morgan fingerprint density at radius 2 is 1.76 bits per heavy atom. The zero-order valence-corrected chi connectivity index (χ0v) is 24.2. The van der Waals surface area contributed by atoms with Gasteiger partial charge >= 0.3 is 23.9 Å². The van der Waals surface area contributed by atoms with Crippen molar-refractivity contribution in [2.75, 3.05) is 27.6 Å². The summed E-state index contributed by atoms with van der Waals surface area (Å²) < 4.78 is 45.7. The van der Waals surface area contributed by atoms with Crippen LogP contribution >= 0.6 is 0 Å². The number of aliphatic hydroxyl groups is 1. The van der Waals surface area contributed by atoms with E-state index in [1.54, 1.807) is 19.9 Å². The van der Waals surface area contributed by atoms with Crippen LogP contribution in [0.2, 0.25) is 0 Å². The molecule has 6 atom stereocenters. The molecule has 1 aromatic rings. The highest BCUT2D eigenvalue weighted by Gasteiger charge is 2.77. The molecule has 5 aliphatic rings. The summed E-state index contributed by atoms with van der Waals surface area (Å²) >= 11 is 0. The first-order valence-corrected chi connectivity index (χ1v) is 13.2. The molecule has 1 spiro atoms. The summed E-state index contributed by atoms with van der Waals surface area (Å²) in [5.41, 5.74) is -3.32. The molecule has 0 amide bonds. The summed E-state index contributed by atoms with van der Waals surface area (Å²) in [6, 6.07) is 1.57. The van der Waals surface area contributed by atoms with Gasteiger partial charge in [-0.1, -0.05) is 13.0 Å². The molecule has 1 aromatic carbocycles. The molecule has 226 valence electrons. The molecule has 0 aromatic heterocycles. The molecule has 42 heavy (non-hydrogen) atoms. The first-order chi connectivity index (χ1) is 19.8. The average Bonchev–Trinajstić information content (AvgIpc) is 3.60. The lowest BCUT2D eigenvalue weighted by atomic mass is 9.56. The Bertz CT molecular complexity index is 1440. The summed E-state index contributed by atoms with van der Waals surface area (Å²) in [6.45, 7) is 6.88. The fourth-order valence-corrected chi connectivity index (χ4v) is 6.25. The fourth-order valence-electron chi connectivity index (χ4n) is 6.25. The lowest BCUT2D eigenvalue weighted by Crippen LogP contribution is -2.75. The Hall–Kier alpha value is -4.10. The quantitative estimate of drug-likeness (QED) is 0.302. The van der Waals surface area contributed by atoms with Gasteiger partial charge in [-0.25, -0.2) is 14.4 Å². The van der Waals surface area contributed by atoms with E-state index >= 15 is 0 Å². The number of carbonyl (C=O) groups excluding carboxylic acids is 4. The van der Waals surface area contributed by atoms with Crippen molar-refractivity contribution >= 4 is 23.9 Å². The van der Waals surface area contributed by atoms with Gasteiger partial charge in [0.15, 0.2) is 17.6 Å². The van der Waals surface area contributed by atoms with Crippen LogP contribution < -0.4 is 14.2 Å². The summed E-state index contributed by atoms with van der Waals surface area (Å²) in [7, 11) is 2.21. The summed E-state index contributed by atoms with van der Waals surface area (Å²) in [5, 5.41) is 12.4. The van der Waals surface area contributed by atoms with Crippen molar-refractivity contribution in [3.05, 3.63) is 40.5 Å². The Labute approximate surface area is 241 Å². The number of benzene rings is 1. The first-order valence-electron chi connectivity index (χ1n) is 13.2. The van der Waals surface area contributed by atoms with E-state index < -0.39 is 65.4 Å². The van der Waals surface area contributed by atoms with E-state index in [0.29, 0.717) is 5.56 Å². The summed E-state index contributed by atoms with van der Waals surface area (Å²) in [5.74, 6) is -6.78. The van der Waals surface area contributed by atoms with Gasteiger partial charge in [-0.05, 0) is 26.8 Å². The van der Waals surface area contributed by atoms with E-state index in [0.717, 1.165) is 20.3 Å². The lowest BCUT2D eigenvalue weighted by molar-refractivity contribution is -0.338. The monoisotopic (exact) mass is 588 g/mol. The van der Waals surface area contributed by atoms with Crippen LogP contribution in [0.3, 0.4) is 0 Å². The molecule has 1 aliphatic carbocycles. The molecule has 0 radical (unpaired) electrons. The molecule has 1 saturated heterocycles.